The van der Waals surface area contributed by atoms with Gasteiger partial charge in [-0.05, 0) is 68.4 Å². The summed E-state index contributed by atoms with van der Waals surface area (Å²) in [6.45, 7) is 4.43. The van der Waals surface area contributed by atoms with Crippen molar-refractivity contribution in [3.8, 4) is 0 Å². The zero-order valence-corrected chi connectivity index (χ0v) is 19.9. The van der Waals surface area contributed by atoms with Gasteiger partial charge in [-0.15, -0.1) is 0 Å². The number of hydrogen-bond acceptors (Lipinski definition) is 3. The minimum Gasteiger partial charge on any atom is -0.384 e. The molecule has 0 bridgehead atoms. The molecule has 0 fully saturated rings. The molecule has 3 rings (SSSR count). The molecule has 188 valence electrons. The van der Waals surface area contributed by atoms with Crippen molar-refractivity contribution in [1.82, 2.24) is 10.3 Å². The molecule has 1 unspecified atom stereocenters. The van der Waals surface area contributed by atoms with E-state index in [1.54, 1.807) is 18.3 Å². The van der Waals surface area contributed by atoms with Crippen LogP contribution in [0.1, 0.15) is 43.0 Å². The lowest BCUT2D eigenvalue weighted by atomic mass is 9.81. The van der Waals surface area contributed by atoms with E-state index in [1.165, 1.54) is 27.1 Å². The molecular formula is C24H22ClF6N3O. The van der Waals surface area contributed by atoms with Crippen molar-refractivity contribution in [3.05, 3.63) is 76.2 Å². The first-order valence-corrected chi connectivity index (χ1v) is 10.8. The molecule has 1 atom stereocenters. The van der Waals surface area contributed by atoms with E-state index < -0.39 is 40.4 Å². The summed E-state index contributed by atoms with van der Waals surface area (Å²) in [7, 11) is 1.38. The number of aromatic nitrogens is 1. The normalized spacial score (nSPS) is 16.5. The third-order valence-electron chi connectivity index (χ3n) is 5.86. The van der Waals surface area contributed by atoms with Gasteiger partial charge in [-0.3, -0.25) is 4.79 Å². The number of benzene rings is 1. The van der Waals surface area contributed by atoms with Crippen LogP contribution in [0.25, 0.3) is 5.57 Å². The number of allylic oxidation sites excluding steroid dienone is 2. The predicted octanol–water partition coefficient (Wildman–Crippen LogP) is 6.60. The Balaban J connectivity index is 2.10. The van der Waals surface area contributed by atoms with Crippen molar-refractivity contribution in [3.63, 3.8) is 0 Å². The second-order valence-corrected chi connectivity index (χ2v) is 9.06. The number of amides is 1. The number of dihydropyridines is 1. The molecule has 35 heavy (non-hydrogen) atoms. The van der Waals surface area contributed by atoms with Crippen LogP contribution in [0, 0.1) is 0 Å². The highest BCUT2D eigenvalue weighted by atomic mass is 35.5. The van der Waals surface area contributed by atoms with Crippen LogP contribution in [0.15, 0.2) is 48.8 Å². The Kier molecular flexibility index (Phi) is 7.00. The molecule has 1 N–H and O–H groups in total. The number of alkyl halides is 6. The van der Waals surface area contributed by atoms with Crippen LogP contribution < -0.4 is 10.2 Å². The third kappa shape index (κ3) is 5.47. The van der Waals surface area contributed by atoms with Crippen molar-refractivity contribution in [2.75, 3.05) is 11.9 Å². The minimum atomic E-state index is -5.03. The second kappa shape index (κ2) is 9.22. The first kappa shape index (κ1) is 26.6. The lowest BCUT2D eigenvalue weighted by Crippen LogP contribution is -2.42. The molecule has 1 aliphatic heterocycles. The third-order valence-corrected chi connectivity index (χ3v) is 6.06. The summed E-state index contributed by atoms with van der Waals surface area (Å²) in [6.07, 6.45) is -3.43. The first-order valence-electron chi connectivity index (χ1n) is 10.4. The van der Waals surface area contributed by atoms with Crippen LogP contribution in [0.3, 0.4) is 0 Å². The molecule has 4 nitrogen and oxygen atoms in total. The van der Waals surface area contributed by atoms with Gasteiger partial charge in [0.25, 0.3) is 0 Å². The maximum Gasteiger partial charge on any atom is 0.416 e. The second-order valence-electron chi connectivity index (χ2n) is 8.68. The smallest absolute Gasteiger partial charge is 0.384 e. The predicted molar refractivity (Wildman–Crippen MR) is 122 cm³/mol. The molecule has 0 saturated heterocycles. The number of carbonyl (C=O) groups is 1. The maximum atomic E-state index is 13.5. The number of hydrogen-bond donors (Lipinski definition) is 1. The lowest BCUT2D eigenvalue weighted by molar-refractivity contribution is -0.143. The monoisotopic (exact) mass is 517 g/mol. The number of carbonyl (C=O) groups excluding carboxylic acids is 1. The Morgan fingerprint density at radius 2 is 1.54 bits per heavy atom. The Morgan fingerprint density at radius 1 is 1.00 bits per heavy atom. The molecule has 2 heterocycles. The molecule has 1 amide bonds. The van der Waals surface area contributed by atoms with Gasteiger partial charge in [-0.2, -0.15) is 26.3 Å². The average Bonchev–Trinajstić information content (AvgIpc) is 2.77. The largest absolute Gasteiger partial charge is 0.416 e. The van der Waals surface area contributed by atoms with Crippen LogP contribution in [0.5, 0.6) is 0 Å². The molecule has 0 radical (unpaired) electrons. The molecule has 0 aliphatic carbocycles. The highest BCUT2D eigenvalue weighted by molar-refractivity contribution is 6.29. The van der Waals surface area contributed by atoms with Gasteiger partial charge in [0, 0.05) is 18.7 Å². The van der Waals surface area contributed by atoms with Gasteiger partial charge in [0.2, 0.25) is 5.91 Å². The number of pyridine rings is 1. The van der Waals surface area contributed by atoms with E-state index >= 15 is 0 Å². The lowest BCUT2D eigenvalue weighted by Gasteiger charge is -2.32. The van der Waals surface area contributed by atoms with Crippen LogP contribution in [-0.2, 0) is 22.6 Å². The van der Waals surface area contributed by atoms with E-state index in [-0.39, 0.29) is 17.3 Å². The number of rotatable bonds is 4. The number of nitrogens with one attached hydrogen (secondary N) is 1. The van der Waals surface area contributed by atoms with Crippen molar-refractivity contribution in [1.29, 1.82) is 0 Å². The van der Waals surface area contributed by atoms with E-state index in [9.17, 15) is 31.1 Å². The summed E-state index contributed by atoms with van der Waals surface area (Å²) in [5, 5.41) is 3.27. The quantitative estimate of drug-likeness (QED) is 0.367. The van der Waals surface area contributed by atoms with Crippen molar-refractivity contribution < 1.29 is 31.1 Å². The molecule has 2 aromatic rings. The van der Waals surface area contributed by atoms with Crippen LogP contribution in [0.2, 0.25) is 5.15 Å². The minimum absolute atomic E-state index is 0.0342. The molecule has 1 aromatic heterocycles. The Bertz CT molecular complexity index is 1170. The van der Waals surface area contributed by atoms with Gasteiger partial charge < -0.3 is 10.2 Å². The summed E-state index contributed by atoms with van der Waals surface area (Å²) in [4.78, 5) is 18.7. The standard InChI is InChI=1S/C24H22ClF6N3O/c1-13-17(6-5-7-32-13)18-11-20(25)33-12-19(18)34(4)21(35)22(2,3)14-8-15(23(26,27)28)10-16(9-14)24(29,30)31/h5-13,32H,1-4H3. The van der Waals surface area contributed by atoms with Gasteiger partial charge in [0.05, 0.1) is 28.4 Å². The highest BCUT2D eigenvalue weighted by Gasteiger charge is 2.41. The average molecular weight is 518 g/mol. The van der Waals surface area contributed by atoms with E-state index in [0.717, 1.165) is 10.5 Å². The number of halogens is 7. The Morgan fingerprint density at radius 3 is 2.06 bits per heavy atom. The summed E-state index contributed by atoms with van der Waals surface area (Å²) >= 11 is 6.08. The van der Waals surface area contributed by atoms with Crippen LogP contribution in [-0.4, -0.2) is 24.0 Å². The molecule has 11 heteroatoms. The molecule has 1 aliphatic rings. The van der Waals surface area contributed by atoms with Gasteiger partial charge in [-0.25, -0.2) is 4.98 Å². The summed E-state index contributed by atoms with van der Waals surface area (Å²) < 4.78 is 80.3. The van der Waals surface area contributed by atoms with Crippen LogP contribution in [0.4, 0.5) is 32.0 Å². The number of anilines is 1. The number of nitrogens with zero attached hydrogens (tertiary/aromatic N) is 2. The Hall–Kier alpha value is -3.01. The SMILES string of the molecule is CC1NC=CC=C1c1cc(Cl)ncc1N(C)C(=O)C(C)(C)c1cc(C(F)(F)F)cc(C(F)(F)F)c1. The molecule has 0 spiro atoms. The van der Waals surface area contributed by atoms with Crippen molar-refractivity contribution in [2.24, 2.45) is 0 Å². The maximum absolute atomic E-state index is 13.5. The van der Waals surface area contributed by atoms with E-state index in [1.807, 2.05) is 13.0 Å². The van der Waals surface area contributed by atoms with Crippen molar-refractivity contribution in [2.45, 2.75) is 44.6 Å². The zero-order valence-electron chi connectivity index (χ0n) is 19.1. The van der Waals surface area contributed by atoms with Gasteiger partial charge >= 0.3 is 12.4 Å². The van der Waals surface area contributed by atoms with Gasteiger partial charge in [0.1, 0.15) is 5.15 Å². The fourth-order valence-electron chi connectivity index (χ4n) is 3.80. The topological polar surface area (TPSA) is 45.2 Å². The van der Waals surface area contributed by atoms with E-state index in [0.29, 0.717) is 23.4 Å². The first-order chi connectivity index (χ1) is 16.0. The molecular weight excluding hydrogens is 496 g/mol. The fraction of sp³-hybridized carbons (Fsp3) is 0.333. The summed E-state index contributed by atoms with van der Waals surface area (Å²) in [5.41, 5.74) is -3.54. The Labute approximate surface area is 203 Å². The highest BCUT2D eigenvalue weighted by Crippen LogP contribution is 2.40. The summed E-state index contributed by atoms with van der Waals surface area (Å²) in [5.74, 6) is -0.733. The molecule has 1 aromatic carbocycles. The van der Waals surface area contributed by atoms with E-state index in [2.05, 4.69) is 10.3 Å². The fourth-order valence-corrected chi connectivity index (χ4v) is 3.96. The zero-order chi connectivity index (χ0) is 26.3. The summed E-state index contributed by atoms with van der Waals surface area (Å²) in [6, 6.07) is 2.56. The van der Waals surface area contributed by atoms with Crippen LogP contribution >= 0.6 is 11.6 Å². The molecule has 0 saturated carbocycles. The van der Waals surface area contributed by atoms with Gasteiger partial charge in [0.15, 0.2) is 0 Å². The van der Waals surface area contributed by atoms with Crippen molar-refractivity contribution >= 4 is 28.8 Å². The number of likely N-dealkylation sites (N-methyl/N-ethyl adjacent to an activating group) is 1. The van der Waals surface area contributed by atoms with E-state index in [4.69, 9.17) is 11.6 Å². The van der Waals surface area contributed by atoms with Gasteiger partial charge in [-0.1, -0.05) is 17.7 Å².